The molecule has 0 saturated carbocycles. The van der Waals surface area contributed by atoms with Gasteiger partial charge in [0.15, 0.2) is 0 Å². The van der Waals surface area contributed by atoms with Crippen molar-refractivity contribution < 1.29 is 14.3 Å². The molecule has 1 fully saturated rings. The Bertz CT molecular complexity index is 667. The van der Waals surface area contributed by atoms with Gasteiger partial charge in [0, 0.05) is 53.1 Å². The Morgan fingerprint density at radius 1 is 1.23 bits per heavy atom. The fourth-order valence-corrected chi connectivity index (χ4v) is 4.39. The summed E-state index contributed by atoms with van der Waals surface area (Å²) in [4.78, 5) is 18.7. The van der Waals surface area contributed by atoms with E-state index >= 15 is 0 Å². The number of piperidine rings is 1. The van der Waals surface area contributed by atoms with Crippen molar-refractivity contribution in [3.63, 3.8) is 0 Å². The zero-order valence-electron chi connectivity index (χ0n) is 23.6. The molecule has 0 aliphatic carbocycles. The van der Waals surface area contributed by atoms with Crippen LogP contribution in [0.4, 0.5) is 4.79 Å². The predicted octanol–water partition coefficient (Wildman–Crippen LogP) is 4.41. The van der Waals surface area contributed by atoms with Gasteiger partial charge in [-0.15, -0.1) is 0 Å². The number of hydrazine groups is 2. The average molecular weight is 513 g/mol. The van der Waals surface area contributed by atoms with E-state index in [4.69, 9.17) is 15.3 Å². The summed E-state index contributed by atoms with van der Waals surface area (Å²) in [5.74, 6) is 6.97. The normalized spacial score (nSPS) is 16.4. The van der Waals surface area contributed by atoms with Crippen LogP contribution in [0.3, 0.4) is 0 Å². The lowest BCUT2D eigenvalue weighted by molar-refractivity contribution is 0.0103. The summed E-state index contributed by atoms with van der Waals surface area (Å²) >= 11 is 0. The Morgan fingerprint density at radius 2 is 1.89 bits per heavy atom. The molecule has 0 aromatic heterocycles. The number of hydrogen-bond acceptors (Lipinski definition) is 8. The first-order chi connectivity index (χ1) is 16.4. The molecular formula is C25H52N6O3Si. The quantitative estimate of drug-likeness (QED) is 0.0888. The molecular weight excluding hydrogens is 460 g/mol. The van der Waals surface area contributed by atoms with Crippen LogP contribution in [0.5, 0.6) is 0 Å². The molecule has 1 rings (SSSR count). The van der Waals surface area contributed by atoms with Crippen molar-refractivity contribution in [3.8, 4) is 0 Å². The monoisotopic (exact) mass is 512 g/mol. The van der Waals surface area contributed by atoms with Crippen molar-refractivity contribution in [3.05, 3.63) is 11.9 Å². The van der Waals surface area contributed by atoms with E-state index in [0.29, 0.717) is 25.9 Å². The van der Waals surface area contributed by atoms with E-state index < -0.39 is 13.7 Å². The van der Waals surface area contributed by atoms with Gasteiger partial charge in [-0.1, -0.05) is 33.5 Å². The first-order valence-corrected chi connectivity index (χ1v) is 16.9. The van der Waals surface area contributed by atoms with E-state index in [2.05, 4.69) is 55.0 Å². The summed E-state index contributed by atoms with van der Waals surface area (Å²) in [5, 5.41) is 3.87. The van der Waals surface area contributed by atoms with Gasteiger partial charge in [0.05, 0.1) is 0 Å². The van der Waals surface area contributed by atoms with Crippen LogP contribution >= 0.6 is 0 Å². The van der Waals surface area contributed by atoms with Gasteiger partial charge < -0.3 is 14.4 Å². The molecule has 35 heavy (non-hydrogen) atoms. The molecule has 0 radical (unpaired) electrons. The maximum absolute atomic E-state index is 12.3. The van der Waals surface area contributed by atoms with E-state index in [-0.39, 0.29) is 6.09 Å². The topological polar surface area (TPSA) is 95.7 Å². The summed E-state index contributed by atoms with van der Waals surface area (Å²) < 4.78 is 11.3. The second-order valence-electron chi connectivity index (χ2n) is 11.3. The van der Waals surface area contributed by atoms with E-state index in [1.54, 1.807) is 5.01 Å². The molecule has 0 aromatic rings. The molecule has 10 heteroatoms. The molecule has 204 valence electrons. The highest BCUT2D eigenvalue weighted by atomic mass is 28.3. The second kappa shape index (κ2) is 15.6. The van der Waals surface area contributed by atoms with Crippen molar-refractivity contribution in [2.45, 2.75) is 97.6 Å². The number of nitrogens with one attached hydrogen (secondary N) is 1. The third-order valence-electron chi connectivity index (χ3n) is 5.61. The number of aliphatic imine (C=N–C) groups is 1. The molecule has 1 heterocycles. The van der Waals surface area contributed by atoms with Crippen molar-refractivity contribution in [1.29, 1.82) is 0 Å². The third-order valence-corrected chi connectivity index (χ3v) is 7.32. The molecule has 0 unspecified atom stereocenters. The standard InChI is InChI=1S/C25H52N6O3Si/c1-9-15-27-23(30(26)21-33-19-20-35(6,7)8)12-11-16-28-31(10-2)22-13-17-29(18-14-22)24(32)34-25(3,4)5/h12,15,22,28H,9-11,13-14,16-21,26H2,1-8H3/b23-12-,27-15?. The average Bonchev–Trinajstić information content (AvgIpc) is 2.77. The lowest BCUT2D eigenvalue weighted by atomic mass is 10.0. The molecule has 3 N–H and O–H groups in total. The Hall–Kier alpha value is -1.46. The van der Waals surface area contributed by atoms with Crippen molar-refractivity contribution in [2.75, 3.05) is 39.5 Å². The highest BCUT2D eigenvalue weighted by Crippen LogP contribution is 2.18. The number of rotatable bonds is 14. The fourth-order valence-electron chi connectivity index (χ4n) is 3.63. The van der Waals surface area contributed by atoms with Gasteiger partial charge in [-0.2, -0.15) is 0 Å². The number of ether oxygens (including phenoxy) is 2. The predicted molar refractivity (Wildman–Crippen MR) is 148 cm³/mol. The zero-order chi connectivity index (χ0) is 26.5. The van der Waals surface area contributed by atoms with E-state index in [1.807, 2.05) is 31.9 Å². The molecule has 0 bridgehead atoms. The Balaban J connectivity index is 2.50. The van der Waals surface area contributed by atoms with E-state index in [9.17, 15) is 4.79 Å². The smallest absolute Gasteiger partial charge is 0.410 e. The van der Waals surface area contributed by atoms with Gasteiger partial charge in [-0.25, -0.2) is 20.6 Å². The minimum absolute atomic E-state index is 0.215. The number of nitrogens with zero attached hydrogens (tertiary/aromatic N) is 4. The Morgan fingerprint density at radius 3 is 2.43 bits per heavy atom. The number of carbonyl (C=O) groups excluding carboxylic acids is 1. The largest absolute Gasteiger partial charge is 0.444 e. The zero-order valence-corrected chi connectivity index (χ0v) is 24.6. The van der Waals surface area contributed by atoms with Gasteiger partial charge >= 0.3 is 6.09 Å². The van der Waals surface area contributed by atoms with Crippen LogP contribution in [-0.2, 0) is 9.47 Å². The molecule has 0 spiro atoms. The van der Waals surface area contributed by atoms with Gasteiger partial charge in [-0.3, -0.25) is 10.4 Å². The minimum atomic E-state index is -1.12. The highest BCUT2D eigenvalue weighted by molar-refractivity contribution is 6.76. The van der Waals surface area contributed by atoms with Crippen LogP contribution in [0.1, 0.15) is 60.3 Å². The number of hydrogen-bond donors (Lipinski definition) is 2. The summed E-state index contributed by atoms with van der Waals surface area (Å²) in [6, 6.07) is 1.51. The molecule has 1 saturated heterocycles. The van der Waals surface area contributed by atoms with Crippen LogP contribution in [0.15, 0.2) is 16.9 Å². The van der Waals surface area contributed by atoms with E-state index in [1.165, 1.54) is 0 Å². The van der Waals surface area contributed by atoms with Gasteiger partial charge in [0.1, 0.15) is 18.2 Å². The van der Waals surface area contributed by atoms with Gasteiger partial charge in [0.2, 0.25) is 0 Å². The van der Waals surface area contributed by atoms with Gasteiger partial charge in [0.25, 0.3) is 0 Å². The Labute approximate surface area is 215 Å². The lowest BCUT2D eigenvalue weighted by Crippen LogP contribution is -2.52. The molecule has 1 aliphatic rings. The van der Waals surface area contributed by atoms with Crippen LogP contribution in [0, 0.1) is 0 Å². The molecule has 0 aromatic carbocycles. The van der Waals surface area contributed by atoms with Crippen LogP contribution < -0.4 is 11.3 Å². The van der Waals surface area contributed by atoms with Crippen LogP contribution in [-0.4, -0.2) is 86.5 Å². The SMILES string of the molecule is CCC=N/C(=C/CCNN(CC)C1CCN(C(=O)OC(C)(C)C)CC1)N(N)COCC[Si](C)(C)C. The number of amides is 1. The van der Waals surface area contributed by atoms with Crippen molar-refractivity contribution in [2.24, 2.45) is 10.8 Å². The van der Waals surface area contributed by atoms with Crippen molar-refractivity contribution in [1.82, 2.24) is 20.3 Å². The van der Waals surface area contributed by atoms with Crippen LogP contribution in [0.25, 0.3) is 0 Å². The maximum Gasteiger partial charge on any atom is 0.410 e. The second-order valence-corrected chi connectivity index (χ2v) is 16.9. The maximum atomic E-state index is 12.3. The number of carbonyl (C=O) groups is 1. The summed E-state index contributed by atoms with van der Waals surface area (Å²) in [6.45, 7) is 21.1. The molecule has 1 amide bonds. The number of likely N-dealkylation sites (tertiary alicyclic amines) is 1. The molecule has 1 aliphatic heterocycles. The first-order valence-electron chi connectivity index (χ1n) is 13.2. The highest BCUT2D eigenvalue weighted by Gasteiger charge is 2.29. The Kier molecular flexibility index (Phi) is 14.1. The summed E-state index contributed by atoms with van der Waals surface area (Å²) in [5.41, 5.74) is 3.10. The lowest BCUT2D eigenvalue weighted by Gasteiger charge is -2.38. The molecule has 0 atom stereocenters. The van der Waals surface area contributed by atoms with Gasteiger partial charge in [-0.05, 0) is 58.6 Å². The fraction of sp³-hybridized carbons (Fsp3) is 0.840. The third kappa shape index (κ3) is 14.0. The molecule has 9 nitrogen and oxygen atoms in total. The first kappa shape index (κ1) is 31.6. The summed E-state index contributed by atoms with van der Waals surface area (Å²) in [7, 11) is -1.12. The minimum Gasteiger partial charge on any atom is -0.444 e. The van der Waals surface area contributed by atoms with Crippen molar-refractivity contribution >= 4 is 20.4 Å². The van der Waals surface area contributed by atoms with Crippen LogP contribution in [0.2, 0.25) is 25.7 Å². The number of nitrogens with two attached hydrogens (primary N) is 1. The van der Waals surface area contributed by atoms with E-state index in [0.717, 1.165) is 57.2 Å². The summed E-state index contributed by atoms with van der Waals surface area (Å²) in [6.07, 6.45) is 7.21.